The quantitative estimate of drug-likeness (QED) is 0.0310. The van der Waals surface area contributed by atoms with Crippen molar-refractivity contribution in [3.8, 4) is 23.5 Å². The molecule has 0 bridgehead atoms. The molecule has 4 aromatic heterocycles. The molecule has 59 heavy (non-hydrogen) atoms. The van der Waals surface area contributed by atoms with Crippen LogP contribution in [-0.2, 0) is 0 Å². The van der Waals surface area contributed by atoms with Crippen LogP contribution >= 0.6 is 93.4 Å². The molecule has 7 rings (SSSR count). The van der Waals surface area contributed by atoms with Crippen LogP contribution in [0.15, 0.2) is 121 Å². The maximum absolute atomic E-state index is 12.1. The van der Waals surface area contributed by atoms with Crippen molar-refractivity contribution >= 4 is 128 Å². The van der Waals surface area contributed by atoms with Crippen molar-refractivity contribution in [2.75, 3.05) is 16.4 Å². The smallest absolute Gasteiger partial charge is 0.398 e. The molecule has 0 aliphatic heterocycles. The van der Waals surface area contributed by atoms with Gasteiger partial charge in [0.1, 0.15) is 12.1 Å². The number of tetrazole rings is 1. The zero-order valence-corrected chi connectivity index (χ0v) is 40.0. The first-order valence-electron chi connectivity index (χ1n) is 15.5. The van der Waals surface area contributed by atoms with Crippen LogP contribution in [0.25, 0.3) is 27.4 Å². The van der Waals surface area contributed by atoms with Gasteiger partial charge in [-0.2, -0.15) is 15.7 Å². The molecule has 0 unspecified atom stereocenters. The van der Waals surface area contributed by atoms with E-state index in [1.165, 1.54) is 38.9 Å². The van der Waals surface area contributed by atoms with E-state index >= 15 is 0 Å². The van der Waals surface area contributed by atoms with Gasteiger partial charge in [0.15, 0.2) is 0 Å². The van der Waals surface area contributed by atoms with Gasteiger partial charge in [-0.05, 0) is 106 Å². The van der Waals surface area contributed by atoms with E-state index in [4.69, 9.17) is 38.9 Å². The Kier molecular flexibility index (Phi) is 23.2. The fourth-order valence-corrected chi connectivity index (χ4v) is 7.07. The molecule has 0 spiro atoms. The molecule has 0 fully saturated rings. The van der Waals surface area contributed by atoms with Crippen molar-refractivity contribution in [2.24, 2.45) is 0 Å². The van der Waals surface area contributed by atoms with Gasteiger partial charge in [0.2, 0.25) is 5.82 Å². The van der Waals surface area contributed by atoms with Gasteiger partial charge in [0, 0.05) is 24.7 Å². The molecule has 2 amide bonds. The number of nitrogens with two attached hydrogens (primary N) is 1. The largest absolute Gasteiger partial charge is 1.00 e. The normalized spacial score (nSPS) is 9.19. The van der Waals surface area contributed by atoms with Crippen LogP contribution in [0, 0.1) is 22.7 Å². The number of aromatic nitrogens is 4. The summed E-state index contributed by atoms with van der Waals surface area (Å²) in [6.45, 7) is 0. The molecule has 292 valence electrons. The van der Waals surface area contributed by atoms with Crippen LogP contribution in [0.4, 0.5) is 17.1 Å². The summed E-state index contributed by atoms with van der Waals surface area (Å²) in [6.07, 6.45) is 0. The Morgan fingerprint density at radius 3 is 1.61 bits per heavy atom. The summed E-state index contributed by atoms with van der Waals surface area (Å²) in [5.74, 6) is 0.0682. The minimum Gasteiger partial charge on any atom is -0.398 e. The number of nitrogen functional groups attached to an aromatic ring is 1. The average molecular weight is 1070 g/mol. The Morgan fingerprint density at radius 2 is 1.19 bits per heavy atom. The van der Waals surface area contributed by atoms with E-state index in [1.807, 2.05) is 52.5 Å². The molecular formula is C36H23Br3ClN12NaO3S3. The van der Waals surface area contributed by atoms with Crippen molar-refractivity contribution < 1.29 is 43.9 Å². The maximum atomic E-state index is 12.1. The zero-order chi connectivity index (χ0) is 42.5. The average Bonchev–Trinajstić information content (AvgIpc) is 4.07. The summed E-state index contributed by atoms with van der Waals surface area (Å²) in [5, 5.41) is 42.0. The van der Waals surface area contributed by atoms with E-state index in [0.717, 1.165) is 13.4 Å². The summed E-state index contributed by atoms with van der Waals surface area (Å²) >= 11 is 19.1. The van der Waals surface area contributed by atoms with Gasteiger partial charge in [-0.1, -0.05) is 66.0 Å². The molecule has 0 aliphatic rings. The standard InChI is InChI=1S/C12H8BrN5OS.C12H7BrN2OS.C7H5BrN2.C5H3ClOS.N3.Na/c13-7-3-4-9(8(6-7)11-15-17-18-16-11)14-12(19)10-2-1-5-20-10;13-9-3-4-10(8(6-9)7-14)15-12(16)11-2-1-5-17-11;8-6-1-2-7(10)5(3-6)4-9;6-5(7)4-2-1-3-8-4;1-3-2;/h1-6H,(H,14,19)(H,15,16,17,18);1-6H,(H,15,16);1-3H,10H2;1-3H;;/q;;;;-1;+1. The molecule has 7 aromatic rings. The number of anilines is 3. The van der Waals surface area contributed by atoms with E-state index in [2.05, 4.69) is 79.0 Å². The molecule has 0 saturated carbocycles. The van der Waals surface area contributed by atoms with Gasteiger partial charge >= 0.3 is 29.6 Å². The zero-order valence-electron chi connectivity index (χ0n) is 30.0. The van der Waals surface area contributed by atoms with Gasteiger partial charge < -0.3 is 27.4 Å². The first-order valence-corrected chi connectivity index (χ1v) is 20.9. The summed E-state index contributed by atoms with van der Waals surface area (Å²) in [6, 6.07) is 30.5. The van der Waals surface area contributed by atoms with Crippen LogP contribution in [0.2, 0.25) is 0 Å². The van der Waals surface area contributed by atoms with Crippen LogP contribution in [0.3, 0.4) is 0 Å². The maximum Gasteiger partial charge on any atom is 1.00 e. The van der Waals surface area contributed by atoms with Gasteiger partial charge in [-0.15, -0.1) is 44.2 Å². The number of nitriles is 2. The number of rotatable bonds is 6. The number of halogens is 4. The third-order valence-electron chi connectivity index (χ3n) is 6.51. The summed E-state index contributed by atoms with van der Waals surface area (Å²) in [5.41, 5.74) is 22.3. The molecule has 5 N–H and O–H groups in total. The number of H-pyrrole nitrogens is 1. The first-order chi connectivity index (χ1) is 27.9. The van der Waals surface area contributed by atoms with Crippen LogP contribution in [0.1, 0.15) is 40.1 Å². The number of thiophene rings is 3. The molecule has 0 atom stereocenters. The molecule has 0 radical (unpaired) electrons. The predicted molar refractivity (Wildman–Crippen MR) is 239 cm³/mol. The van der Waals surface area contributed by atoms with Crippen molar-refractivity contribution in [1.29, 1.82) is 10.5 Å². The molecule has 23 heteroatoms. The Balaban J connectivity index is 0.000000278. The number of hydrogen-bond acceptors (Lipinski definition) is 12. The fraction of sp³-hybridized carbons (Fsp3) is 0. The number of benzene rings is 3. The van der Waals surface area contributed by atoms with Crippen molar-refractivity contribution in [3.63, 3.8) is 0 Å². The molecule has 3 aromatic carbocycles. The summed E-state index contributed by atoms with van der Waals surface area (Å²) in [4.78, 5) is 37.6. The minimum absolute atomic E-state index is 0. The molecule has 15 nitrogen and oxygen atoms in total. The number of carbonyl (C=O) groups is 3. The third-order valence-corrected chi connectivity index (χ3v) is 10.9. The minimum atomic E-state index is -0.375. The van der Waals surface area contributed by atoms with E-state index in [9.17, 15) is 14.4 Å². The number of nitrogens with one attached hydrogen (secondary N) is 3. The van der Waals surface area contributed by atoms with Crippen LogP contribution in [0.5, 0.6) is 0 Å². The molecular weight excluding hydrogens is 1040 g/mol. The van der Waals surface area contributed by atoms with Gasteiger partial charge in [-0.25, -0.2) is 0 Å². The second kappa shape index (κ2) is 27.1. The molecule has 0 aliphatic carbocycles. The molecule has 0 saturated heterocycles. The summed E-state index contributed by atoms with van der Waals surface area (Å²) in [7, 11) is 0. The number of nitrogens with zero attached hydrogens (tertiary/aromatic N) is 8. The monoisotopic (exact) mass is 1060 g/mol. The van der Waals surface area contributed by atoms with Gasteiger partial charge in [0.25, 0.3) is 17.1 Å². The van der Waals surface area contributed by atoms with E-state index in [1.54, 1.807) is 66.7 Å². The van der Waals surface area contributed by atoms with Gasteiger partial charge in [-0.3, -0.25) is 19.3 Å². The Bertz CT molecular complexity index is 2550. The van der Waals surface area contributed by atoms with Crippen molar-refractivity contribution in [1.82, 2.24) is 20.6 Å². The summed E-state index contributed by atoms with van der Waals surface area (Å²) < 4.78 is 2.55. The topological polar surface area (TPSA) is 262 Å². The Labute approximate surface area is 400 Å². The van der Waals surface area contributed by atoms with E-state index in [-0.39, 0.29) is 46.6 Å². The second-order valence-corrected chi connectivity index (χ2v) is 16.2. The Morgan fingerprint density at radius 1 is 0.729 bits per heavy atom. The third kappa shape index (κ3) is 17.2. The van der Waals surface area contributed by atoms with Crippen LogP contribution in [-0.4, -0.2) is 37.7 Å². The van der Waals surface area contributed by atoms with Gasteiger partial charge in [0.05, 0.1) is 37.1 Å². The number of hydrogen-bond donors (Lipinski definition) is 4. The van der Waals surface area contributed by atoms with Crippen molar-refractivity contribution in [2.45, 2.75) is 0 Å². The first kappa shape index (κ1) is 50.4. The van der Waals surface area contributed by atoms with Crippen LogP contribution < -0.4 is 45.9 Å². The van der Waals surface area contributed by atoms with Crippen molar-refractivity contribution in [3.05, 3.63) is 162 Å². The predicted octanol–water partition coefficient (Wildman–Crippen LogP) is 8.48. The Hall–Kier alpha value is -4.74. The van der Waals surface area contributed by atoms with E-state index < -0.39 is 0 Å². The second-order valence-electron chi connectivity index (χ2n) is 10.3. The SMILES string of the molecule is N#Cc1cc(Br)ccc1N.N#Cc1cc(Br)ccc1NC(=O)c1cccs1.O=C(Cl)c1cccs1.O=C(Nc1ccc(Br)cc1-c1nn[nH]n1)c1cccs1.[N-]=[N+]=[N-].[Na+]. The number of amides is 2. The number of aromatic amines is 1. The number of carbonyl (C=O) groups excluding carboxylic acids is 3. The fourth-order valence-electron chi connectivity index (χ4n) is 4.00. The van der Waals surface area contributed by atoms with E-state index in [0.29, 0.717) is 54.2 Å². The molecule has 4 heterocycles.